The Morgan fingerprint density at radius 1 is 1.42 bits per heavy atom. The van der Waals surface area contributed by atoms with E-state index in [0.717, 1.165) is 0 Å². The predicted octanol–water partition coefficient (Wildman–Crippen LogP) is 0.958. The number of esters is 1. The number of anilines is 1. The van der Waals surface area contributed by atoms with Crippen LogP contribution in [0, 0.1) is 0 Å². The van der Waals surface area contributed by atoms with E-state index in [2.05, 4.69) is 14.8 Å². The Morgan fingerprint density at radius 2 is 2.11 bits per heavy atom. The summed E-state index contributed by atoms with van der Waals surface area (Å²) in [7, 11) is -0.835. The van der Waals surface area contributed by atoms with Crippen molar-refractivity contribution in [2.45, 2.75) is 24.3 Å². The maximum Gasteiger partial charge on any atom is 0.328 e. The van der Waals surface area contributed by atoms with Gasteiger partial charge in [0.25, 0.3) is 0 Å². The highest BCUT2D eigenvalue weighted by molar-refractivity contribution is 7.89. The third-order valence-corrected chi connectivity index (χ3v) is 4.06. The molecule has 7 heteroatoms. The summed E-state index contributed by atoms with van der Waals surface area (Å²) < 4.78 is 30.2. The molecule has 1 aromatic carbocycles. The molecule has 19 heavy (non-hydrogen) atoms. The van der Waals surface area contributed by atoms with Gasteiger partial charge in [0.1, 0.15) is 6.04 Å². The summed E-state index contributed by atoms with van der Waals surface area (Å²) in [4.78, 5) is 11.6. The molecule has 0 heterocycles. The molecule has 0 amide bonds. The lowest BCUT2D eigenvalue weighted by atomic mass is 10.2. The van der Waals surface area contributed by atoms with Crippen molar-refractivity contribution in [1.82, 2.24) is 4.72 Å². The molecular weight excluding hydrogens is 268 g/mol. The maximum absolute atomic E-state index is 11.7. The van der Waals surface area contributed by atoms with Crippen molar-refractivity contribution in [2.75, 3.05) is 19.5 Å². The summed E-state index contributed by atoms with van der Waals surface area (Å²) in [6.07, 6.45) is 0.537. The van der Waals surface area contributed by atoms with Crippen LogP contribution < -0.4 is 10.0 Å². The molecule has 106 valence electrons. The summed E-state index contributed by atoms with van der Waals surface area (Å²) in [5.41, 5.74) is 0.550. The van der Waals surface area contributed by atoms with E-state index in [1.807, 2.05) is 6.92 Å². The minimum absolute atomic E-state index is 0.139. The van der Waals surface area contributed by atoms with Crippen LogP contribution in [0.5, 0.6) is 0 Å². The lowest BCUT2D eigenvalue weighted by molar-refractivity contribution is -0.141. The summed E-state index contributed by atoms with van der Waals surface area (Å²) >= 11 is 0. The highest BCUT2D eigenvalue weighted by Gasteiger charge is 2.17. The number of carbonyl (C=O) groups is 1. The first-order valence-electron chi connectivity index (χ1n) is 5.82. The highest BCUT2D eigenvalue weighted by atomic mass is 32.2. The molecule has 0 aromatic heterocycles. The van der Waals surface area contributed by atoms with Gasteiger partial charge in [0, 0.05) is 5.69 Å². The Morgan fingerprint density at radius 3 is 2.63 bits per heavy atom. The number of benzene rings is 1. The zero-order valence-electron chi connectivity index (χ0n) is 11.1. The van der Waals surface area contributed by atoms with Crippen LogP contribution in [0.2, 0.25) is 0 Å². The number of methoxy groups -OCH3 is 1. The average molecular weight is 286 g/mol. The molecular formula is C12H18N2O4S. The second kappa shape index (κ2) is 6.53. The maximum atomic E-state index is 11.7. The van der Waals surface area contributed by atoms with Crippen LogP contribution in [-0.2, 0) is 19.6 Å². The third kappa shape index (κ3) is 3.93. The van der Waals surface area contributed by atoms with Crippen LogP contribution in [0.1, 0.15) is 13.3 Å². The first-order chi connectivity index (χ1) is 8.94. The van der Waals surface area contributed by atoms with Crippen molar-refractivity contribution >= 4 is 21.7 Å². The molecule has 0 saturated heterocycles. The van der Waals surface area contributed by atoms with E-state index in [0.29, 0.717) is 12.1 Å². The van der Waals surface area contributed by atoms with E-state index in [9.17, 15) is 13.2 Å². The molecule has 1 atom stereocenters. The molecule has 1 aromatic rings. The number of carbonyl (C=O) groups excluding carboxylic acids is 1. The van der Waals surface area contributed by atoms with Gasteiger partial charge in [-0.15, -0.1) is 0 Å². The van der Waals surface area contributed by atoms with Crippen molar-refractivity contribution in [3.8, 4) is 0 Å². The van der Waals surface area contributed by atoms with Crippen LogP contribution in [-0.4, -0.2) is 34.6 Å². The monoisotopic (exact) mass is 286 g/mol. The van der Waals surface area contributed by atoms with Crippen LogP contribution in [0.15, 0.2) is 29.2 Å². The molecule has 0 bridgehead atoms. The molecule has 0 saturated carbocycles. The van der Waals surface area contributed by atoms with E-state index in [4.69, 9.17) is 0 Å². The van der Waals surface area contributed by atoms with E-state index < -0.39 is 16.1 Å². The minimum Gasteiger partial charge on any atom is -0.467 e. The molecule has 0 aliphatic heterocycles. The Balaban J connectivity index is 2.97. The second-order valence-electron chi connectivity index (χ2n) is 3.86. The standard InChI is InChI=1S/C12H18N2O4S/c1-4-11(12(15)18-3)14-9-6-5-7-10(8-9)19(16,17)13-2/h5-8,11,13-14H,4H2,1-3H3. The van der Waals surface area contributed by atoms with Gasteiger partial charge in [0.15, 0.2) is 0 Å². The summed E-state index contributed by atoms with van der Waals surface area (Å²) in [5, 5.41) is 2.95. The van der Waals surface area contributed by atoms with E-state index >= 15 is 0 Å². The average Bonchev–Trinajstić information content (AvgIpc) is 2.44. The molecule has 0 spiro atoms. The first kappa shape index (κ1) is 15.5. The molecule has 0 fully saturated rings. The lowest BCUT2D eigenvalue weighted by Crippen LogP contribution is -2.30. The number of ether oxygens (including phenoxy) is 1. The molecule has 0 aliphatic carbocycles. The van der Waals surface area contributed by atoms with Crippen LogP contribution >= 0.6 is 0 Å². The predicted molar refractivity (Wildman–Crippen MR) is 72.4 cm³/mol. The number of rotatable bonds is 6. The van der Waals surface area contributed by atoms with Gasteiger partial charge in [0.05, 0.1) is 12.0 Å². The minimum atomic E-state index is -3.50. The molecule has 0 radical (unpaired) electrons. The normalized spacial score (nSPS) is 12.8. The van der Waals surface area contributed by atoms with Gasteiger partial charge >= 0.3 is 5.97 Å². The number of hydrogen-bond acceptors (Lipinski definition) is 5. The number of hydrogen-bond donors (Lipinski definition) is 2. The lowest BCUT2D eigenvalue weighted by Gasteiger charge is -2.16. The van der Waals surface area contributed by atoms with E-state index in [1.165, 1.54) is 26.3 Å². The van der Waals surface area contributed by atoms with Crippen LogP contribution in [0.4, 0.5) is 5.69 Å². The van der Waals surface area contributed by atoms with Crippen molar-refractivity contribution < 1.29 is 17.9 Å². The van der Waals surface area contributed by atoms with E-state index in [-0.39, 0.29) is 10.9 Å². The Bertz CT molecular complexity index is 542. The van der Waals surface area contributed by atoms with E-state index in [1.54, 1.807) is 12.1 Å². The largest absolute Gasteiger partial charge is 0.467 e. The zero-order valence-corrected chi connectivity index (χ0v) is 12.0. The van der Waals surface area contributed by atoms with Crippen LogP contribution in [0.25, 0.3) is 0 Å². The Labute approximate surface area is 113 Å². The Hall–Kier alpha value is -1.60. The summed E-state index contributed by atoms with van der Waals surface area (Å²) in [6, 6.07) is 5.75. The third-order valence-electron chi connectivity index (χ3n) is 2.65. The summed E-state index contributed by atoms with van der Waals surface area (Å²) in [5.74, 6) is -0.385. The van der Waals surface area contributed by atoms with Gasteiger partial charge in [-0.25, -0.2) is 17.9 Å². The quantitative estimate of drug-likeness (QED) is 0.761. The number of sulfonamides is 1. The van der Waals surface area contributed by atoms with Gasteiger partial charge in [-0.2, -0.15) is 0 Å². The fraction of sp³-hybridized carbons (Fsp3) is 0.417. The molecule has 1 rings (SSSR count). The van der Waals surface area contributed by atoms with Crippen LogP contribution in [0.3, 0.4) is 0 Å². The second-order valence-corrected chi connectivity index (χ2v) is 5.75. The fourth-order valence-corrected chi connectivity index (χ4v) is 2.32. The van der Waals surface area contributed by atoms with Gasteiger partial charge < -0.3 is 10.1 Å². The van der Waals surface area contributed by atoms with Crippen molar-refractivity contribution in [3.63, 3.8) is 0 Å². The fourth-order valence-electron chi connectivity index (χ4n) is 1.54. The Kier molecular flexibility index (Phi) is 5.31. The van der Waals surface area contributed by atoms with Gasteiger partial charge in [0.2, 0.25) is 10.0 Å². The van der Waals surface area contributed by atoms with Crippen molar-refractivity contribution in [2.24, 2.45) is 0 Å². The topological polar surface area (TPSA) is 84.5 Å². The zero-order chi connectivity index (χ0) is 14.5. The smallest absolute Gasteiger partial charge is 0.328 e. The molecule has 1 unspecified atom stereocenters. The summed E-state index contributed by atoms with van der Waals surface area (Å²) in [6.45, 7) is 1.84. The van der Waals surface area contributed by atoms with Gasteiger partial charge in [-0.3, -0.25) is 0 Å². The first-order valence-corrected chi connectivity index (χ1v) is 7.31. The molecule has 6 nitrogen and oxygen atoms in total. The van der Waals surface area contributed by atoms with Crippen molar-refractivity contribution in [1.29, 1.82) is 0 Å². The number of nitrogens with one attached hydrogen (secondary N) is 2. The molecule has 2 N–H and O–H groups in total. The van der Waals surface area contributed by atoms with Gasteiger partial charge in [-0.05, 0) is 31.7 Å². The van der Waals surface area contributed by atoms with Crippen molar-refractivity contribution in [3.05, 3.63) is 24.3 Å². The highest BCUT2D eigenvalue weighted by Crippen LogP contribution is 2.16. The SMILES string of the molecule is CCC(Nc1cccc(S(=O)(=O)NC)c1)C(=O)OC. The van der Waals surface area contributed by atoms with Gasteiger partial charge in [-0.1, -0.05) is 13.0 Å². The molecule has 0 aliphatic rings.